The van der Waals surface area contributed by atoms with E-state index in [4.69, 9.17) is 17.0 Å². The number of hydrogen-bond acceptors (Lipinski definition) is 5. The fraction of sp³-hybridized carbons (Fsp3) is 0.556. The first-order chi connectivity index (χ1) is 12.5. The Kier molecular flexibility index (Phi) is 5.83. The number of aromatic nitrogens is 4. The van der Waals surface area contributed by atoms with Crippen molar-refractivity contribution in [2.24, 2.45) is 5.92 Å². The third kappa shape index (κ3) is 4.02. The van der Waals surface area contributed by atoms with Gasteiger partial charge in [0, 0.05) is 0 Å². The van der Waals surface area contributed by atoms with Crippen molar-refractivity contribution in [3.63, 3.8) is 0 Å². The molecular weight excluding hydrogens is 350 g/mol. The van der Waals surface area contributed by atoms with Crippen molar-refractivity contribution in [3.05, 3.63) is 34.1 Å². The van der Waals surface area contributed by atoms with Gasteiger partial charge in [-0.05, 0) is 73.5 Å². The average Bonchev–Trinajstić information content (AvgIpc) is 2.98. The van der Waals surface area contributed by atoms with Crippen LogP contribution >= 0.6 is 12.2 Å². The summed E-state index contributed by atoms with van der Waals surface area (Å²) in [5.41, 5.74) is 3.21. The van der Waals surface area contributed by atoms with Crippen molar-refractivity contribution < 1.29 is 14.4 Å². The Balaban J connectivity index is 1.75. The Morgan fingerprint density at radius 1 is 1.38 bits per heavy atom. The first kappa shape index (κ1) is 18.7. The van der Waals surface area contributed by atoms with Crippen LogP contribution in [0.4, 0.5) is 0 Å². The quantitative estimate of drug-likeness (QED) is 0.628. The number of nitrogens with one attached hydrogen (secondary N) is 1. The van der Waals surface area contributed by atoms with Crippen LogP contribution < -0.4 is 4.90 Å². The van der Waals surface area contributed by atoms with Crippen LogP contribution in [0.5, 0.6) is 0 Å². The molecule has 7 nitrogen and oxygen atoms in total. The van der Waals surface area contributed by atoms with E-state index < -0.39 is 0 Å². The monoisotopic (exact) mass is 376 g/mol. The van der Waals surface area contributed by atoms with Crippen LogP contribution in [0.15, 0.2) is 18.2 Å². The number of ether oxygens (including phenoxy) is 1. The Labute approximate surface area is 158 Å². The first-order valence-electron chi connectivity index (χ1n) is 9.10. The molecule has 0 aliphatic carbocycles. The van der Waals surface area contributed by atoms with Gasteiger partial charge in [0.2, 0.25) is 4.77 Å². The second kappa shape index (κ2) is 8.09. The van der Waals surface area contributed by atoms with E-state index in [2.05, 4.69) is 28.6 Å². The smallest absolute Gasteiger partial charge is 0.314 e. The Morgan fingerprint density at radius 2 is 2.19 bits per heavy atom. The molecule has 1 fully saturated rings. The number of aryl methyl sites for hydroxylation is 2. The van der Waals surface area contributed by atoms with Gasteiger partial charge in [-0.3, -0.25) is 4.79 Å². The molecule has 3 rings (SSSR count). The molecule has 1 aromatic carbocycles. The number of rotatable bonds is 5. The number of quaternary nitrogens is 1. The first-order valence-corrected chi connectivity index (χ1v) is 9.51. The lowest BCUT2D eigenvalue weighted by Gasteiger charge is -2.28. The van der Waals surface area contributed by atoms with E-state index in [1.807, 2.05) is 20.8 Å². The van der Waals surface area contributed by atoms with E-state index in [-0.39, 0.29) is 11.9 Å². The molecule has 0 saturated carbocycles. The molecule has 1 aliphatic heterocycles. The number of esters is 1. The van der Waals surface area contributed by atoms with Gasteiger partial charge < -0.3 is 9.64 Å². The number of carbonyl (C=O) groups is 1. The topological polar surface area (TPSA) is 66.4 Å². The molecule has 1 saturated heterocycles. The van der Waals surface area contributed by atoms with Crippen molar-refractivity contribution in [1.82, 2.24) is 19.8 Å². The lowest BCUT2D eigenvalue weighted by Crippen LogP contribution is -3.13. The zero-order chi connectivity index (χ0) is 18.7. The average molecular weight is 377 g/mol. The molecule has 26 heavy (non-hydrogen) atoms. The van der Waals surface area contributed by atoms with Gasteiger partial charge in [0.25, 0.3) is 0 Å². The van der Waals surface area contributed by atoms with Crippen molar-refractivity contribution in [2.45, 2.75) is 40.3 Å². The summed E-state index contributed by atoms with van der Waals surface area (Å²) in [6.45, 7) is 8.71. The molecule has 1 aromatic heterocycles. The molecule has 2 atom stereocenters. The Bertz CT molecular complexity index is 844. The number of likely N-dealkylation sites (tertiary alicyclic amines) is 1. The van der Waals surface area contributed by atoms with Crippen molar-refractivity contribution in [1.29, 1.82) is 0 Å². The summed E-state index contributed by atoms with van der Waals surface area (Å²) in [6, 6.07) is 6.19. The second-order valence-electron chi connectivity index (χ2n) is 6.92. The van der Waals surface area contributed by atoms with Crippen LogP contribution in [0.1, 0.15) is 30.9 Å². The summed E-state index contributed by atoms with van der Waals surface area (Å²) in [6.07, 6.45) is 1.89. The lowest BCUT2D eigenvalue weighted by molar-refractivity contribution is -0.930. The molecule has 1 aliphatic rings. The minimum atomic E-state index is -0.0904. The maximum atomic E-state index is 12.0. The van der Waals surface area contributed by atoms with Crippen LogP contribution in [-0.4, -0.2) is 45.5 Å². The van der Waals surface area contributed by atoms with E-state index in [0.29, 0.717) is 18.0 Å². The van der Waals surface area contributed by atoms with Gasteiger partial charge in [0.15, 0.2) is 6.67 Å². The summed E-state index contributed by atoms with van der Waals surface area (Å²) >= 11 is 5.60. The molecule has 0 amide bonds. The molecular formula is C18H26N5O2S+. The highest BCUT2D eigenvalue weighted by Gasteiger charge is 2.30. The Hall–Kier alpha value is -2.06. The summed E-state index contributed by atoms with van der Waals surface area (Å²) in [5, 5.41) is 8.51. The SMILES string of the molecule is CCOC(=O)[C@H]1CCC[NH+](Cn2nnn(-c3cc(C)ccc3C)c2=S)C1. The highest BCUT2D eigenvalue weighted by Crippen LogP contribution is 2.15. The maximum Gasteiger partial charge on any atom is 0.314 e. The van der Waals surface area contributed by atoms with E-state index >= 15 is 0 Å². The largest absolute Gasteiger partial charge is 0.466 e. The zero-order valence-electron chi connectivity index (χ0n) is 15.6. The van der Waals surface area contributed by atoms with Gasteiger partial charge in [-0.15, -0.1) is 0 Å². The number of tetrazole rings is 1. The molecule has 140 valence electrons. The number of benzene rings is 1. The Morgan fingerprint density at radius 3 is 2.96 bits per heavy atom. The summed E-state index contributed by atoms with van der Waals surface area (Å²) < 4.78 is 9.21. The highest BCUT2D eigenvalue weighted by molar-refractivity contribution is 7.71. The zero-order valence-corrected chi connectivity index (χ0v) is 16.4. The van der Waals surface area contributed by atoms with Gasteiger partial charge in [0.1, 0.15) is 5.92 Å². The van der Waals surface area contributed by atoms with E-state index in [0.717, 1.165) is 42.7 Å². The summed E-state index contributed by atoms with van der Waals surface area (Å²) in [7, 11) is 0. The molecule has 8 heteroatoms. The van der Waals surface area contributed by atoms with Crippen LogP contribution in [0.2, 0.25) is 0 Å². The van der Waals surface area contributed by atoms with E-state index in [9.17, 15) is 4.79 Å². The summed E-state index contributed by atoms with van der Waals surface area (Å²) in [5.74, 6) is -0.130. The fourth-order valence-electron chi connectivity index (χ4n) is 3.44. The minimum absolute atomic E-state index is 0.0399. The number of nitrogens with zero attached hydrogens (tertiary/aromatic N) is 4. The van der Waals surface area contributed by atoms with Crippen LogP contribution in [0.3, 0.4) is 0 Å². The molecule has 1 N–H and O–H groups in total. The van der Waals surface area contributed by atoms with Gasteiger partial charge in [-0.25, -0.2) is 0 Å². The molecule has 0 spiro atoms. The predicted molar refractivity (Wildman–Crippen MR) is 99.7 cm³/mol. The standard InChI is InChI=1S/C18H25N5O2S/c1-4-25-17(24)15-6-5-9-21(11-15)12-22-18(26)23(20-19-22)16-10-13(2)7-8-14(16)3/h7-8,10,15H,4-6,9,11-12H2,1-3H3/p+1/t15-/m0/s1. The minimum Gasteiger partial charge on any atom is -0.466 e. The van der Waals surface area contributed by atoms with Gasteiger partial charge in [-0.1, -0.05) is 12.1 Å². The third-order valence-electron chi connectivity index (χ3n) is 4.84. The number of hydrogen-bond donors (Lipinski definition) is 1. The maximum absolute atomic E-state index is 12.0. The number of carbonyl (C=O) groups excluding carboxylic acids is 1. The van der Waals surface area contributed by atoms with Gasteiger partial charge in [0.05, 0.1) is 25.4 Å². The van der Waals surface area contributed by atoms with Gasteiger partial charge >= 0.3 is 5.97 Å². The fourth-order valence-corrected chi connectivity index (χ4v) is 3.68. The molecule has 2 aromatic rings. The van der Waals surface area contributed by atoms with Crippen LogP contribution in [0, 0.1) is 24.5 Å². The molecule has 0 bridgehead atoms. The van der Waals surface area contributed by atoms with E-state index in [1.54, 1.807) is 9.36 Å². The lowest BCUT2D eigenvalue weighted by atomic mass is 9.99. The highest BCUT2D eigenvalue weighted by atomic mass is 32.1. The van der Waals surface area contributed by atoms with Crippen LogP contribution in [-0.2, 0) is 16.2 Å². The summed E-state index contributed by atoms with van der Waals surface area (Å²) in [4.78, 5) is 13.3. The normalized spacial score (nSPS) is 20.1. The van der Waals surface area contributed by atoms with Crippen LogP contribution in [0.25, 0.3) is 5.69 Å². The molecule has 0 radical (unpaired) electrons. The van der Waals surface area contributed by atoms with Crippen molar-refractivity contribution in [3.8, 4) is 5.69 Å². The molecule has 1 unspecified atom stereocenters. The molecule has 2 heterocycles. The number of piperidine rings is 1. The predicted octanol–water partition coefficient (Wildman–Crippen LogP) is 1.23. The van der Waals surface area contributed by atoms with Gasteiger partial charge in [-0.2, -0.15) is 9.36 Å². The third-order valence-corrected chi connectivity index (χ3v) is 5.23. The van der Waals surface area contributed by atoms with Crippen molar-refractivity contribution >= 4 is 18.2 Å². The van der Waals surface area contributed by atoms with Crippen molar-refractivity contribution in [2.75, 3.05) is 19.7 Å². The van der Waals surface area contributed by atoms with E-state index in [1.165, 1.54) is 4.90 Å². The second-order valence-corrected chi connectivity index (χ2v) is 7.28.